The van der Waals surface area contributed by atoms with Gasteiger partial charge in [-0.25, -0.2) is 0 Å². The number of thioether (sulfide) groups is 1. The lowest BCUT2D eigenvalue weighted by atomic mass is 10.1. The Bertz CT molecular complexity index is 418. The Labute approximate surface area is 116 Å². The largest absolute Gasteiger partial charge is 0.492 e. The molecule has 0 aliphatic carbocycles. The lowest BCUT2D eigenvalue weighted by Gasteiger charge is -2.12. The minimum absolute atomic E-state index is 0.544. The second-order valence-electron chi connectivity index (χ2n) is 3.35. The average molecular weight is 290 g/mol. The Kier molecular flexibility index (Phi) is 6.57. The topological polar surface area (TPSA) is 33.0 Å². The zero-order chi connectivity index (χ0) is 12.7. The molecule has 0 N–H and O–H groups in total. The van der Waals surface area contributed by atoms with Crippen LogP contribution in [0.15, 0.2) is 12.1 Å². The number of thiocyanates is 1. The van der Waals surface area contributed by atoms with E-state index < -0.39 is 0 Å². The van der Waals surface area contributed by atoms with Crippen molar-refractivity contribution in [2.75, 3.05) is 12.4 Å². The van der Waals surface area contributed by atoms with Gasteiger partial charge in [-0.15, -0.1) is 0 Å². The van der Waals surface area contributed by atoms with Crippen molar-refractivity contribution in [2.24, 2.45) is 0 Å². The van der Waals surface area contributed by atoms with E-state index in [-0.39, 0.29) is 0 Å². The highest BCUT2D eigenvalue weighted by Crippen LogP contribution is 2.33. The first kappa shape index (κ1) is 14.5. The molecule has 0 saturated carbocycles. The van der Waals surface area contributed by atoms with E-state index in [0.29, 0.717) is 22.4 Å². The SMILES string of the molecule is CCOc1c(Cl)cc(Cl)cc1CCCSC#N. The molecule has 92 valence electrons. The molecule has 0 unspecified atom stereocenters. The van der Waals surface area contributed by atoms with Gasteiger partial charge >= 0.3 is 0 Å². The molecule has 2 nitrogen and oxygen atoms in total. The highest BCUT2D eigenvalue weighted by atomic mass is 35.5. The quantitative estimate of drug-likeness (QED) is 0.569. The summed E-state index contributed by atoms with van der Waals surface area (Å²) in [5, 5.41) is 11.6. The molecule has 5 heteroatoms. The Morgan fingerprint density at radius 3 is 2.82 bits per heavy atom. The van der Waals surface area contributed by atoms with Crippen molar-refractivity contribution in [3.05, 3.63) is 27.7 Å². The maximum Gasteiger partial charge on any atom is 0.141 e. The molecule has 0 atom stereocenters. The number of nitrogens with zero attached hydrogens (tertiary/aromatic N) is 1. The predicted octanol–water partition coefficient (Wildman–Crippen LogP) is 4.54. The number of hydrogen-bond acceptors (Lipinski definition) is 3. The summed E-state index contributed by atoms with van der Waals surface area (Å²) < 4.78 is 5.52. The van der Waals surface area contributed by atoms with Gasteiger partial charge in [0.15, 0.2) is 0 Å². The summed E-state index contributed by atoms with van der Waals surface area (Å²) in [6, 6.07) is 3.55. The zero-order valence-electron chi connectivity index (χ0n) is 9.50. The number of hydrogen-bond donors (Lipinski definition) is 0. The van der Waals surface area contributed by atoms with E-state index in [1.165, 1.54) is 11.8 Å². The number of ether oxygens (including phenoxy) is 1. The molecular formula is C12H13Cl2NOS. The predicted molar refractivity (Wildman–Crippen MR) is 74.0 cm³/mol. The lowest BCUT2D eigenvalue weighted by molar-refractivity contribution is 0.336. The summed E-state index contributed by atoms with van der Waals surface area (Å²) in [7, 11) is 0. The van der Waals surface area contributed by atoms with Crippen LogP contribution in [0.5, 0.6) is 5.75 Å². The van der Waals surface area contributed by atoms with Crippen molar-refractivity contribution in [3.63, 3.8) is 0 Å². The first-order valence-corrected chi connectivity index (χ1v) is 7.04. The highest BCUT2D eigenvalue weighted by Gasteiger charge is 2.10. The van der Waals surface area contributed by atoms with E-state index in [2.05, 4.69) is 0 Å². The van der Waals surface area contributed by atoms with E-state index >= 15 is 0 Å². The fourth-order valence-electron chi connectivity index (χ4n) is 1.49. The van der Waals surface area contributed by atoms with Gasteiger partial charge in [0.1, 0.15) is 11.2 Å². The molecule has 1 aromatic rings. The average Bonchev–Trinajstić information content (AvgIpc) is 2.29. The minimum Gasteiger partial charge on any atom is -0.492 e. The molecule has 0 aromatic heterocycles. The molecule has 0 radical (unpaired) electrons. The molecule has 0 bridgehead atoms. The van der Waals surface area contributed by atoms with Gasteiger partial charge in [0, 0.05) is 10.8 Å². The van der Waals surface area contributed by atoms with Crippen LogP contribution < -0.4 is 4.74 Å². The fourth-order valence-corrected chi connectivity index (χ4v) is 2.46. The van der Waals surface area contributed by atoms with Gasteiger partial charge in [-0.3, -0.25) is 0 Å². The van der Waals surface area contributed by atoms with Crippen molar-refractivity contribution >= 4 is 35.0 Å². The van der Waals surface area contributed by atoms with E-state index in [1.54, 1.807) is 6.07 Å². The molecule has 1 rings (SSSR count). The van der Waals surface area contributed by atoms with Crippen molar-refractivity contribution in [3.8, 4) is 11.2 Å². The van der Waals surface area contributed by atoms with Gasteiger partial charge in [0.05, 0.1) is 11.6 Å². The monoisotopic (exact) mass is 289 g/mol. The number of nitriles is 1. The van der Waals surface area contributed by atoms with Crippen LogP contribution in [0, 0.1) is 10.7 Å². The van der Waals surface area contributed by atoms with Crippen LogP contribution in [-0.2, 0) is 6.42 Å². The van der Waals surface area contributed by atoms with Crippen molar-refractivity contribution in [1.29, 1.82) is 5.26 Å². The van der Waals surface area contributed by atoms with Crippen molar-refractivity contribution in [2.45, 2.75) is 19.8 Å². The minimum atomic E-state index is 0.544. The maximum atomic E-state index is 8.44. The van der Waals surface area contributed by atoms with E-state index in [1.807, 2.05) is 18.4 Å². The van der Waals surface area contributed by atoms with E-state index in [9.17, 15) is 0 Å². The number of aryl methyl sites for hydroxylation is 1. The Morgan fingerprint density at radius 1 is 1.41 bits per heavy atom. The molecule has 1 aromatic carbocycles. The molecule has 0 heterocycles. The van der Waals surface area contributed by atoms with Crippen LogP contribution in [0.2, 0.25) is 10.0 Å². The van der Waals surface area contributed by atoms with Gasteiger partial charge in [0.25, 0.3) is 0 Å². The Morgan fingerprint density at radius 2 is 2.18 bits per heavy atom. The number of rotatable bonds is 6. The summed E-state index contributed by atoms with van der Waals surface area (Å²) in [5.74, 6) is 1.51. The summed E-state index contributed by atoms with van der Waals surface area (Å²) in [5.41, 5.74) is 1.00. The van der Waals surface area contributed by atoms with E-state index in [0.717, 1.165) is 24.2 Å². The number of benzene rings is 1. The Hall–Kier alpha value is -0.560. The summed E-state index contributed by atoms with van der Waals surface area (Å²) in [6.45, 7) is 2.49. The van der Waals surface area contributed by atoms with Crippen LogP contribution in [-0.4, -0.2) is 12.4 Å². The molecule has 0 saturated heterocycles. The molecule has 0 spiro atoms. The molecule has 0 aliphatic heterocycles. The third kappa shape index (κ3) is 4.67. The van der Waals surface area contributed by atoms with Crippen LogP contribution in [0.25, 0.3) is 0 Å². The lowest BCUT2D eigenvalue weighted by Crippen LogP contribution is -1.98. The molecule has 17 heavy (non-hydrogen) atoms. The number of halogens is 2. The van der Waals surface area contributed by atoms with Gasteiger partial charge < -0.3 is 4.74 Å². The molecule has 0 fully saturated rings. The molecule has 0 aliphatic rings. The third-order valence-electron chi connectivity index (χ3n) is 2.13. The highest BCUT2D eigenvalue weighted by molar-refractivity contribution is 8.03. The normalized spacial score (nSPS) is 10.0. The molecular weight excluding hydrogens is 277 g/mol. The zero-order valence-corrected chi connectivity index (χ0v) is 11.8. The van der Waals surface area contributed by atoms with Crippen molar-refractivity contribution < 1.29 is 4.74 Å². The van der Waals surface area contributed by atoms with Crippen LogP contribution >= 0.6 is 35.0 Å². The van der Waals surface area contributed by atoms with Crippen molar-refractivity contribution in [1.82, 2.24) is 0 Å². The van der Waals surface area contributed by atoms with Gasteiger partial charge in [-0.05, 0) is 49.2 Å². The third-order valence-corrected chi connectivity index (χ3v) is 3.25. The van der Waals surface area contributed by atoms with E-state index in [4.69, 9.17) is 33.2 Å². The standard InChI is InChI=1S/C12H13Cl2NOS/c1-2-16-12-9(4-3-5-17-8-15)6-10(13)7-11(12)14/h6-7H,2-5H2,1H3. The smallest absolute Gasteiger partial charge is 0.141 e. The first-order valence-electron chi connectivity index (χ1n) is 5.30. The summed E-state index contributed by atoms with van der Waals surface area (Å²) in [4.78, 5) is 0. The van der Waals surface area contributed by atoms with Gasteiger partial charge in [-0.1, -0.05) is 23.2 Å². The molecule has 0 amide bonds. The summed E-state index contributed by atoms with van der Waals surface area (Å²) in [6.07, 6.45) is 1.71. The second-order valence-corrected chi connectivity index (χ2v) is 5.08. The first-order chi connectivity index (χ1) is 8.19. The summed E-state index contributed by atoms with van der Waals surface area (Å²) >= 11 is 13.3. The van der Waals surface area contributed by atoms with Crippen LogP contribution in [0.3, 0.4) is 0 Å². The second kappa shape index (κ2) is 7.71. The Balaban J connectivity index is 2.77. The maximum absolute atomic E-state index is 8.44. The fraction of sp³-hybridized carbons (Fsp3) is 0.417. The van der Waals surface area contributed by atoms with Crippen LogP contribution in [0.4, 0.5) is 0 Å². The van der Waals surface area contributed by atoms with Crippen LogP contribution in [0.1, 0.15) is 18.9 Å². The van der Waals surface area contributed by atoms with Gasteiger partial charge in [0.2, 0.25) is 0 Å². The van der Waals surface area contributed by atoms with Gasteiger partial charge in [-0.2, -0.15) is 5.26 Å².